The van der Waals surface area contributed by atoms with Crippen molar-refractivity contribution in [3.8, 4) is 0 Å². The zero-order valence-corrected chi connectivity index (χ0v) is 12.4. The molecule has 1 aliphatic rings. The smallest absolute Gasteiger partial charge is 0.125 e. The molecular weight excluding hydrogens is 234 g/mol. The molecule has 3 nitrogen and oxygen atoms in total. The quantitative estimate of drug-likeness (QED) is 0.877. The van der Waals surface area contributed by atoms with Crippen LogP contribution in [0, 0.1) is 5.92 Å². The van der Waals surface area contributed by atoms with E-state index in [-0.39, 0.29) is 5.41 Å². The van der Waals surface area contributed by atoms with Crippen LogP contribution in [-0.4, -0.2) is 17.6 Å². The minimum Gasteiger partial charge on any atom is -0.370 e. The summed E-state index contributed by atoms with van der Waals surface area (Å²) in [5.74, 6) is 1.56. The van der Waals surface area contributed by atoms with Gasteiger partial charge in [0.15, 0.2) is 0 Å². The molecule has 1 saturated carbocycles. The third-order valence-corrected chi connectivity index (χ3v) is 4.14. The lowest BCUT2D eigenvalue weighted by Gasteiger charge is -2.28. The zero-order valence-electron chi connectivity index (χ0n) is 12.4. The van der Waals surface area contributed by atoms with E-state index in [1.54, 1.807) is 0 Å². The Morgan fingerprint density at radius 1 is 1.26 bits per heavy atom. The molecule has 106 valence electrons. The average molecular weight is 261 g/mol. The van der Waals surface area contributed by atoms with E-state index < -0.39 is 0 Å². The van der Waals surface area contributed by atoms with Crippen LogP contribution >= 0.6 is 0 Å². The number of nitrogens with two attached hydrogens (primary N) is 1. The summed E-state index contributed by atoms with van der Waals surface area (Å²) in [6, 6.07) is 4.60. The second kappa shape index (κ2) is 5.91. The molecule has 1 aromatic heterocycles. The largest absolute Gasteiger partial charge is 0.370 e. The second-order valence-electron chi connectivity index (χ2n) is 6.77. The number of nitrogens with zero attached hydrogens (tertiary/aromatic N) is 1. The number of anilines is 1. The van der Waals surface area contributed by atoms with Gasteiger partial charge in [-0.15, -0.1) is 0 Å². The van der Waals surface area contributed by atoms with E-state index in [2.05, 4.69) is 43.2 Å². The van der Waals surface area contributed by atoms with E-state index in [0.29, 0.717) is 12.0 Å². The lowest BCUT2D eigenvalue weighted by Crippen LogP contribution is -2.37. The number of hydrogen-bond acceptors (Lipinski definition) is 3. The standard InChI is InChI=1S/C16H27N3/c1-16(2,3)13-8-9-15(19-11-13)18-10-12-6-4-5-7-14(12)17/h8-9,11-12,14H,4-7,10,17H2,1-3H3,(H,18,19). The van der Waals surface area contributed by atoms with Crippen molar-refractivity contribution in [1.29, 1.82) is 0 Å². The molecule has 19 heavy (non-hydrogen) atoms. The summed E-state index contributed by atoms with van der Waals surface area (Å²) >= 11 is 0. The Hall–Kier alpha value is -1.09. The van der Waals surface area contributed by atoms with Crippen LogP contribution in [0.5, 0.6) is 0 Å². The Balaban J connectivity index is 1.89. The van der Waals surface area contributed by atoms with Gasteiger partial charge >= 0.3 is 0 Å². The fourth-order valence-electron chi connectivity index (χ4n) is 2.67. The van der Waals surface area contributed by atoms with Gasteiger partial charge in [-0.25, -0.2) is 4.98 Å². The highest BCUT2D eigenvalue weighted by Gasteiger charge is 2.21. The van der Waals surface area contributed by atoms with Crippen molar-refractivity contribution >= 4 is 5.82 Å². The van der Waals surface area contributed by atoms with Crippen molar-refractivity contribution in [2.45, 2.75) is 57.9 Å². The van der Waals surface area contributed by atoms with Gasteiger partial charge in [0.2, 0.25) is 0 Å². The van der Waals surface area contributed by atoms with Gasteiger partial charge < -0.3 is 11.1 Å². The number of aromatic nitrogens is 1. The SMILES string of the molecule is CC(C)(C)c1ccc(NCC2CCCCC2N)nc1. The fraction of sp³-hybridized carbons (Fsp3) is 0.688. The van der Waals surface area contributed by atoms with Crippen LogP contribution in [0.25, 0.3) is 0 Å². The first kappa shape index (κ1) is 14.3. The molecule has 1 aliphatic carbocycles. The van der Waals surface area contributed by atoms with Gasteiger partial charge in [-0.2, -0.15) is 0 Å². The molecule has 2 unspecified atom stereocenters. The highest BCUT2D eigenvalue weighted by molar-refractivity contribution is 5.37. The minimum absolute atomic E-state index is 0.164. The van der Waals surface area contributed by atoms with Crippen molar-refractivity contribution in [3.63, 3.8) is 0 Å². The molecule has 0 aromatic carbocycles. The predicted molar refractivity (Wildman–Crippen MR) is 81.4 cm³/mol. The number of pyridine rings is 1. The molecule has 3 heteroatoms. The van der Waals surface area contributed by atoms with Crippen molar-refractivity contribution in [3.05, 3.63) is 23.9 Å². The predicted octanol–water partition coefficient (Wildman–Crippen LogP) is 3.31. The van der Waals surface area contributed by atoms with Crippen LogP contribution in [0.1, 0.15) is 52.0 Å². The Labute approximate surface area is 117 Å². The zero-order chi connectivity index (χ0) is 13.9. The Morgan fingerprint density at radius 3 is 2.58 bits per heavy atom. The molecule has 2 atom stereocenters. The molecule has 0 aliphatic heterocycles. The maximum Gasteiger partial charge on any atom is 0.125 e. The molecule has 0 spiro atoms. The summed E-state index contributed by atoms with van der Waals surface area (Å²) in [4.78, 5) is 4.50. The summed E-state index contributed by atoms with van der Waals surface area (Å²) in [7, 11) is 0. The maximum atomic E-state index is 6.16. The van der Waals surface area contributed by atoms with Gasteiger partial charge in [0.05, 0.1) is 0 Å². The molecule has 3 N–H and O–H groups in total. The summed E-state index contributed by atoms with van der Waals surface area (Å²) in [5.41, 5.74) is 7.60. The highest BCUT2D eigenvalue weighted by atomic mass is 15.0. The van der Waals surface area contributed by atoms with E-state index in [1.165, 1.54) is 31.2 Å². The first-order valence-corrected chi connectivity index (χ1v) is 7.43. The highest BCUT2D eigenvalue weighted by Crippen LogP contribution is 2.24. The summed E-state index contributed by atoms with van der Waals surface area (Å²) in [5, 5.41) is 3.43. The molecular formula is C16H27N3. The number of nitrogens with one attached hydrogen (secondary N) is 1. The van der Waals surface area contributed by atoms with E-state index in [4.69, 9.17) is 5.73 Å². The van der Waals surface area contributed by atoms with Crippen molar-refractivity contribution < 1.29 is 0 Å². The Morgan fingerprint density at radius 2 is 2.00 bits per heavy atom. The molecule has 1 heterocycles. The minimum atomic E-state index is 0.164. The van der Waals surface area contributed by atoms with Crippen LogP contribution in [0.15, 0.2) is 18.3 Å². The molecule has 0 saturated heterocycles. The van der Waals surface area contributed by atoms with Crippen LogP contribution in [0.2, 0.25) is 0 Å². The van der Waals surface area contributed by atoms with Gasteiger partial charge in [-0.1, -0.05) is 39.7 Å². The van der Waals surface area contributed by atoms with Gasteiger partial charge in [-0.3, -0.25) is 0 Å². The van der Waals surface area contributed by atoms with Crippen LogP contribution in [0.3, 0.4) is 0 Å². The van der Waals surface area contributed by atoms with Gasteiger partial charge in [-0.05, 0) is 35.8 Å². The second-order valence-corrected chi connectivity index (χ2v) is 6.77. The van der Waals surface area contributed by atoms with Gasteiger partial charge in [0.25, 0.3) is 0 Å². The molecule has 1 aromatic rings. The normalized spacial score (nSPS) is 24.2. The van der Waals surface area contributed by atoms with Gasteiger partial charge in [0.1, 0.15) is 5.82 Å². The first-order chi connectivity index (χ1) is 8.97. The van der Waals surface area contributed by atoms with Crippen LogP contribution in [0.4, 0.5) is 5.82 Å². The molecule has 2 rings (SSSR count). The van der Waals surface area contributed by atoms with E-state index in [0.717, 1.165) is 12.4 Å². The third kappa shape index (κ3) is 3.93. The topological polar surface area (TPSA) is 50.9 Å². The van der Waals surface area contributed by atoms with E-state index >= 15 is 0 Å². The molecule has 0 bridgehead atoms. The lowest BCUT2D eigenvalue weighted by atomic mass is 9.85. The molecule has 0 radical (unpaired) electrons. The van der Waals surface area contributed by atoms with Crippen molar-refractivity contribution in [1.82, 2.24) is 4.98 Å². The lowest BCUT2D eigenvalue weighted by molar-refractivity contribution is 0.321. The first-order valence-electron chi connectivity index (χ1n) is 7.43. The maximum absolute atomic E-state index is 6.16. The molecule has 0 amide bonds. The van der Waals surface area contributed by atoms with Gasteiger partial charge in [0, 0.05) is 18.8 Å². The number of rotatable bonds is 3. The van der Waals surface area contributed by atoms with Crippen molar-refractivity contribution in [2.24, 2.45) is 11.7 Å². The van der Waals surface area contributed by atoms with Crippen LogP contribution < -0.4 is 11.1 Å². The summed E-state index contributed by atoms with van der Waals surface area (Å²) in [6.45, 7) is 7.57. The average Bonchev–Trinajstić information content (AvgIpc) is 2.37. The number of hydrogen-bond donors (Lipinski definition) is 2. The van der Waals surface area contributed by atoms with Crippen molar-refractivity contribution in [2.75, 3.05) is 11.9 Å². The van der Waals surface area contributed by atoms with E-state index in [9.17, 15) is 0 Å². The summed E-state index contributed by atoms with van der Waals surface area (Å²) < 4.78 is 0. The monoisotopic (exact) mass is 261 g/mol. The summed E-state index contributed by atoms with van der Waals surface area (Å²) in [6.07, 6.45) is 6.99. The van der Waals surface area contributed by atoms with Crippen LogP contribution in [-0.2, 0) is 5.41 Å². The fourth-order valence-corrected chi connectivity index (χ4v) is 2.67. The van der Waals surface area contributed by atoms with E-state index in [1.807, 2.05) is 6.20 Å². The molecule has 1 fully saturated rings. The third-order valence-electron chi connectivity index (χ3n) is 4.14. The Kier molecular flexibility index (Phi) is 4.46. The Bertz CT molecular complexity index is 391.